The van der Waals surface area contributed by atoms with Gasteiger partial charge >= 0.3 is 0 Å². The molecule has 0 spiro atoms. The zero-order chi connectivity index (χ0) is 17.6. The van der Waals surface area contributed by atoms with E-state index in [1.54, 1.807) is 12.1 Å². The maximum Gasteiger partial charge on any atom is 0.228 e. The number of nitrogens with one attached hydrogen (secondary N) is 2. The van der Waals surface area contributed by atoms with Crippen molar-refractivity contribution in [2.45, 2.75) is 25.3 Å². The summed E-state index contributed by atoms with van der Waals surface area (Å²) in [6.45, 7) is 2.16. The number of likely N-dealkylation sites (tertiary alicyclic amines) is 1. The molecule has 1 heterocycles. The molecule has 1 saturated heterocycles. The van der Waals surface area contributed by atoms with Crippen LogP contribution in [0.4, 0.5) is 15.8 Å². The first kappa shape index (κ1) is 17.4. The van der Waals surface area contributed by atoms with Crippen molar-refractivity contribution in [3.8, 4) is 0 Å². The largest absolute Gasteiger partial charge is 0.381 e. The molecule has 2 aromatic rings. The minimum atomic E-state index is -0.295. The van der Waals surface area contributed by atoms with Gasteiger partial charge in [0.1, 0.15) is 5.82 Å². The third kappa shape index (κ3) is 5.03. The highest BCUT2D eigenvalue weighted by atomic mass is 19.1. The van der Waals surface area contributed by atoms with E-state index in [1.807, 2.05) is 24.3 Å². The highest BCUT2D eigenvalue weighted by Gasteiger charge is 2.17. The number of hydrogen-bond donors (Lipinski definition) is 2. The Kier molecular flexibility index (Phi) is 5.66. The van der Waals surface area contributed by atoms with Gasteiger partial charge in [0, 0.05) is 6.04 Å². The molecule has 0 atom stereocenters. The number of benzene rings is 2. The molecule has 0 unspecified atom stereocenters. The maximum atomic E-state index is 13.0. The third-order valence-electron chi connectivity index (χ3n) is 4.56. The summed E-state index contributed by atoms with van der Waals surface area (Å²) in [6, 6.07) is 14.2. The predicted molar refractivity (Wildman–Crippen MR) is 99.3 cm³/mol. The minimum absolute atomic E-state index is 0.107. The van der Waals surface area contributed by atoms with Gasteiger partial charge in [-0.15, -0.1) is 0 Å². The summed E-state index contributed by atoms with van der Waals surface area (Å²) >= 11 is 0. The Morgan fingerprint density at radius 1 is 1.08 bits per heavy atom. The minimum Gasteiger partial charge on any atom is -0.381 e. The number of carbonyl (C=O) groups excluding carboxylic acids is 1. The van der Waals surface area contributed by atoms with Crippen LogP contribution in [0.25, 0.3) is 0 Å². The van der Waals surface area contributed by atoms with Gasteiger partial charge in [-0.2, -0.15) is 0 Å². The van der Waals surface area contributed by atoms with Crippen LogP contribution >= 0.6 is 0 Å². The van der Waals surface area contributed by atoms with Crippen LogP contribution in [-0.2, 0) is 11.2 Å². The summed E-state index contributed by atoms with van der Waals surface area (Å²) in [5.74, 6) is -0.402. The Morgan fingerprint density at radius 3 is 2.40 bits per heavy atom. The zero-order valence-corrected chi connectivity index (χ0v) is 14.5. The molecule has 2 aromatic carbocycles. The van der Waals surface area contributed by atoms with Crippen LogP contribution < -0.4 is 10.6 Å². The fourth-order valence-electron chi connectivity index (χ4n) is 3.07. The Morgan fingerprint density at radius 2 is 1.72 bits per heavy atom. The second-order valence-corrected chi connectivity index (χ2v) is 6.62. The van der Waals surface area contributed by atoms with Crippen molar-refractivity contribution in [1.29, 1.82) is 0 Å². The van der Waals surface area contributed by atoms with Gasteiger partial charge < -0.3 is 15.5 Å². The molecule has 5 heteroatoms. The van der Waals surface area contributed by atoms with Crippen molar-refractivity contribution >= 4 is 17.3 Å². The summed E-state index contributed by atoms with van der Waals surface area (Å²) in [7, 11) is 2.14. The van der Waals surface area contributed by atoms with Gasteiger partial charge in [0.05, 0.1) is 17.8 Å². The lowest BCUT2D eigenvalue weighted by molar-refractivity contribution is -0.115. The van der Waals surface area contributed by atoms with Crippen molar-refractivity contribution in [2.24, 2.45) is 0 Å². The number of rotatable bonds is 5. The number of halogens is 1. The molecule has 3 rings (SSSR count). The first-order valence-corrected chi connectivity index (χ1v) is 8.68. The molecule has 0 aromatic heterocycles. The fraction of sp³-hybridized carbons (Fsp3) is 0.350. The van der Waals surface area contributed by atoms with Crippen molar-refractivity contribution in [2.75, 3.05) is 30.8 Å². The molecule has 1 fully saturated rings. The van der Waals surface area contributed by atoms with E-state index >= 15 is 0 Å². The Hall–Kier alpha value is -2.40. The van der Waals surface area contributed by atoms with Gasteiger partial charge in [0.2, 0.25) is 5.91 Å². The van der Waals surface area contributed by atoms with E-state index in [1.165, 1.54) is 12.1 Å². The third-order valence-corrected chi connectivity index (χ3v) is 4.56. The number of nitrogens with zero attached hydrogens (tertiary/aromatic N) is 1. The van der Waals surface area contributed by atoms with Gasteiger partial charge in [-0.1, -0.05) is 24.3 Å². The molecular weight excluding hydrogens is 317 g/mol. The van der Waals surface area contributed by atoms with Crippen LogP contribution in [0.2, 0.25) is 0 Å². The van der Waals surface area contributed by atoms with Crippen LogP contribution in [0, 0.1) is 5.82 Å². The average molecular weight is 341 g/mol. The van der Waals surface area contributed by atoms with Crippen LogP contribution in [0.15, 0.2) is 48.5 Å². The quantitative estimate of drug-likeness (QED) is 0.875. The molecule has 132 valence electrons. The number of carbonyl (C=O) groups is 1. The Bertz CT molecular complexity index is 709. The van der Waals surface area contributed by atoms with Crippen molar-refractivity contribution in [3.05, 3.63) is 59.9 Å². The van der Waals surface area contributed by atoms with E-state index in [0.717, 1.165) is 42.9 Å². The highest BCUT2D eigenvalue weighted by molar-refractivity contribution is 5.95. The van der Waals surface area contributed by atoms with Gasteiger partial charge in [-0.25, -0.2) is 4.39 Å². The van der Waals surface area contributed by atoms with Crippen molar-refractivity contribution in [3.63, 3.8) is 0 Å². The molecule has 1 aliphatic rings. The number of hydrogen-bond acceptors (Lipinski definition) is 3. The van der Waals surface area contributed by atoms with Crippen LogP contribution in [0.3, 0.4) is 0 Å². The van der Waals surface area contributed by atoms with Gasteiger partial charge in [-0.05, 0) is 62.8 Å². The van der Waals surface area contributed by atoms with Gasteiger partial charge in [0.15, 0.2) is 0 Å². The normalized spacial score (nSPS) is 15.8. The summed E-state index contributed by atoms with van der Waals surface area (Å²) < 4.78 is 13.0. The summed E-state index contributed by atoms with van der Waals surface area (Å²) in [6.07, 6.45) is 2.41. The maximum absolute atomic E-state index is 13.0. The summed E-state index contributed by atoms with van der Waals surface area (Å²) in [5, 5.41) is 6.52. The molecule has 25 heavy (non-hydrogen) atoms. The monoisotopic (exact) mass is 341 g/mol. The second-order valence-electron chi connectivity index (χ2n) is 6.62. The van der Waals surface area contributed by atoms with Crippen LogP contribution in [-0.4, -0.2) is 37.0 Å². The van der Waals surface area contributed by atoms with E-state index in [9.17, 15) is 9.18 Å². The number of para-hydroxylation sites is 2. The molecule has 0 aliphatic carbocycles. The lowest BCUT2D eigenvalue weighted by Gasteiger charge is -2.30. The lowest BCUT2D eigenvalue weighted by atomic mass is 10.0. The Labute approximate surface area is 148 Å². The lowest BCUT2D eigenvalue weighted by Crippen LogP contribution is -2.36. The number of piperidine rings is 1. The number of amides is 1. The Balaban J connectivity index is 1.62. The standard InChI is InChI=1S/C20H24FN3O/c1-24-12-10-17(11-13-24)22-18-4-2-3-5-19(18)23-20(25)14-15-6-8-16(21)9-7-15/h2-9,17,22H,10-14H2,1H3,(H,23,25). The predicted octanol–water partition coefficient (Wildman–Crippen LogP) is 3.51. The molecule has 2 N–H and O–H groups in total. The van der Waals surface area contributed by atoms with E-state index in [4.69, 9.17) is 0 Å². The molecule has 1 amide bonds. The topological polar surface area (TPSA) is 44.4 Å². The van der Waals surface area contributed by atoms with E-state index in [2.05, 4.69) is 22.6 Å². The van der Waals surface area contributed by atoms with E-state index in [-0.39, 0.29) is 18.1 Å². The molecule has 1 aliphatic heterocycles. The van der Waals surface area contributed by atoms with Crippen molar-refractivity contribution in [1.82, 2.24) is 4.90 Å². The zero-order valence-electron chi connectivity index (χ0n) is 14.5. The van der Waals surface area contributed by atoms with E-state index < -0.39 is 0 Å². The summed E-state index contributed by atoms with van der Waals surface area (Å²) in [4.78, 5) is 14.6. The fourth-order valence-corrected chi connectivity index (χ4v) is 3.07. The first-order chi connectivity index (χ1) is 12.1. The molecule has 0 radical (unpaired) electrons. The van der Waals surface area contributed by atoms with Gasteiger partial charge in [0.25, 0.3) is 0 Å². The van der Waals surface area contributed by atoms with Crippen molar-refractivity contribution < 1.29 is 9.18 Å². The average Bonchev–Trinajstić information content (AvgIpc) is 2.61. The van der Waals surface area contributed by atoms with Crippen LogP contribution in [0.1, 0.15) is 18.4 Å². The molecule has 0 saturated carbocycles. The summed E-state index contributed by atoms with van der Waals surface area (Å²) in [5.41, 5.74) is 2.53. The number of anilines is 2. The van der Waals surface area contributed by atoms with Crippen LogP contribution in [0.5, 0.6) is 0 Å². The molecule has 4 nitrogen and oxygen atoms in total. The van der Waals surface area contributed by atoms with E-state index in [0.29, 0.717) is 6.04 Å². The first-order valence-electron chi connectivity index (χ1n) is 8.68. The van der Waals surface area contributed by atoms with Gasteiger partial charge in [-0.3, -0.25) is 4.79 Å². The molecule has 0 bridgehead atoms. The smallest absolute Gasteiger partial charge is 0.228 e. The molecular formula is C20H24FN3O. The SMILES string of the molecule is CN1CCC(Nc2ccccc2NC(=O)Cc2ccc(F)cc2)CC1. The highest BCUT2D eigenvalue weighted by Crippen LogP contribution is 2.24. The second kappa shape index (κ2) is 8.12.